The molecule has 0 fully saturated rings. The lowest BCUT2D eigenvalue weighted by Gasteiger charge is -2.10. The van der Waals surface area contributed by atoms with Gasteiger partial charge in [0.1, 0.15) is 27.8 Å². The molecule has 0 saturated carbocycles. The van der Waals surface area contributed by atoms with E-state index in [-0.39, 0.29) is 0 Å². The van der Waals surface area contributed by atoms with Crippen molar-refractivity contribution in [3.05, 3.63) is 146 Å². The van der Waals surface area contributed by atoms with Crippen molar-refractivity contribution in [2.45, 2.75) is 0 Å². The van der Waals surface area contributed by atoms with Crippen LogP contribution in [0.2, 0.25) is 0 Å². The Hall–Kier alpha value is -7.12. The summed E-state index contributed by atoms with van der Waals surface area (Å²) in [6, 6.07) is 48.4. The molecule has 0 spiro atoms. The van der Waals surface area contributed by atoms with E-state index in [1.807, 2.05) is 115 Å². The minimum Gasteiger partial charge on any atom is -0.456 e. The van der Waals surface area contributed by atoms with Crippen LogP contribution >= 0.6 is 0 Å². The zero-order chi connectivity index (χ0) is 33.5. The summed E-state index contributed by atoms with van der Waals surface area (Å²) in [6.45, 7) is 0. The lowest BCUT2D eigenvalue weighted by atomic mass is 10.0. The molecule has 0 radical (unpaired) electrons. The fraction of sp³-hybridized carbons (Fsp3) is 0. The quantitative estimate of drug-likeness (QED) is 0.186. The van der Waals surface area contributed by atoms with Crippen LogP contribution in [-0.4, -0.2) is 19.9 Å². The van der Waals surface area contributed by atoms with E-state index in [2.05, 4.69) is 30.3 Å². The highest BCUT2D eigenvalue weighted by molar-refractivity contribution is 6.25. The summed E-state index contributed by atoms with van der Waals surface area (Å²) in [6.07, 6.45) is 0. The third-order valence-corrected chi connectivity index (χ3v) is 9.56. The Morgan fingerprint density at radius 1 is 0.373 bits per heavy atom. The van der Waals surface area contributed by atoms with E-state index in [4.69, 9.17) is 33.2 Å². The smallest absolute Gasteiger partial charge is 0.227 e. The van der Waals surface area contributed by atoms with Gasteiger partial charge in [-0.15, -0.1) is 0 Å². The SMILES string of the molecule is c1ccc(-c2nc(-c3ccc4ccc5oc6ccc7nc(-c8ccccc8)oc7c6c5c4c3)nc(-c3cccc4oc5ccccc5c34)n2)cc1. The van der Waals surface area contributed by atoms with E-state index in [1.165, 1.54) is 0 Å². The van der Waals surface area contributed by atoms with Crippen molar-refractivity contribution in [2.24, 2.45) is 0 Å². The summed E-state index contributed by atoms with van der Waals surface area (Å²) in [5, 5.41) is 5.89. The third-order valence-electron chi connectivity index (χ3n) is 9.56. The molecule has 238 valence electrons. The van der Waals surface area contributed by atoms with Gasteiger partial charge < -0.3 is 13.3 Å². The first kappa shape index (κ1) is 27.8. The van der Waals surface area contributed by atoms with Crippen LogP contribution in [0.3, 0.4) is 0 Å². The van der Waals surface area contributed by atoms with Crippen LogP contribution in [0, 0.1) is 0 Å². The van der Waals surface area contributed by atoms with Crippen molar-refractivity contribution < 1.29 is 13.3 Å². The minimum absolute atomic E-state index is 0.562. The second kappa shape index (κ2) is 10.7. The van der Waals surface area contributed by atoms with E-state index in [0.29, 0.717) is 28.9 Å². The number of fused-ring (bicyclic) bond motifs is 10. The topological polar surface area (TPSA) is 91.0 Å². The molecule has 51 heavy (non-hydrogen) atoms. The van der Waals surface area contributed by atoms with Gasteiger partial charge in [-0.25, -0.2) is 19.9 Å². The highest BCUT2D eigenvalue weighted by Crippen LogP contribution is 2.41. The number of aromatic nitrogens is 4. The molecule has 11 rings (SSSR count). The van der Waals surface area contributed by atoms with Crippen molar-refractivity contribution >= 4 is 65.7 Å². The number of hydrogen-bond donors (Lipinski definition) is 0. The second-order valence-electron chi connectivity index (χ2n) is 12.6. The molecule has 7 heteroatoms. The maximum atomic E-state index is 6.47. The van der Waals surface area contributed by atoms with E-state index in [9.17, 15) is 0 Å². The first-order valence-electron chi connectivity index (χ1n) is 16.7. The lowest BCUT2D eigenvalue weighted by molar-refractivity contribution is 0.622. The largest absolute Gasteiger partial charge is 0.456 e. The van der Waals surface area contributed by atoms with Gasteiger partial charge in [-0.2, -0.15) is 0 Å². The third kappa shape index (κ3) is 4.31. The summed E-state index contributed by atoms with van der Waals surface area (Å²) in [4.78, 5) is 20.1. The Morgan fingerprint density at radius 2 is 1.02 bits per heavy atom. The molecule has 0 aliphatic rings. The average molecular weight is 657 g/mol. The van der Waals surface area contributed by atoms with E-state index >= 15 is 0 Å². The number of oxazole rings is 1. The Balaban J connectivity index is 1.16. The zero-order valence-corrected chi connectivity index (χ0v) is 26.9. The maximum absolute atomic E-state index is 6.47. The predicted octanol–water partition coefficient (Wildman–Crippen LogP) is 11.6. The Labute approximate surface area is 289 Å². The Bertz CT molecular complexity index is 3140. The summed E-state index contributed by atoms with van der Waals surface area (Å²) in [7, 11) is 0. The maximum Gasteiger partial charge on any atom is 0.227 e. The molecule has 0 N–H and O–H groups in total. The van der Waals surface area contributed by atoms with Gasteiger partial charge in [0.15, 0.2) is 23.1 Å². The highest BCUT2D eigenvalue weighted by Gasteiger charge is 2.21. The average Bonchev–Trinajstić information content (AvgIpc) is 3.91. The summed E-state index contributed by atoms with van der Waals surface area (Å²) in [5.41, 5.74) is 8.11. The molecule has 7 nitrogen and oxygen atoms in total. The fourth-order valence-electron chi connectivity index (χ4n) is 7.20. The normalized spacial score (nSPS) is 11.9. The van der Waals surface area contributed by atoms with Gasteiger partial charge in [-0.05, 0) is 59.3 Å². The number of hydrogen-bond acceptors (Lipinski definition) is 7. The number of rotatable bonds is 4. The summed E-state index contributed by atoms with van der Waals surface area (Å²) in [5.74, 6) is 2.29. The van der Waals surface area contributed by atoms with Crippen molar-refractivity contribution in [2.75, 3.05) is 0 Å². The lowest BCUT2D eigenvalue weighted by Crippen LogP contribution is -2.00. The monoisotopic (exact) mass is 656 g/mol. The van der Waals surface area contributed by atoms with Gasteiger partial charge in [0.2, 0.25) is 5.89 Å². The molecule has 0 saturated heterocycles. The molecule has 0 atom stereocenters. The van der Waals surface area contributed by atoms with Gasteiger partial charge in [0.05, 0.1) is 5.39 Å². The van der Waals surface area contributed by atoms with Gasteiger partial charge in [0.25, 0.3) is 0 Å². The zero-order valence-electron chi connectivity index (χ0n) is 26.9. The van der Waals surface area contributed by atoms with Gasteiger partial charge in [-0.1, -0.05) is 97.1 Å². The minimum atomic E-state index is 0.562. The van der Waals surface area contributed by atoms with Crippen LogP contribution < -0.4 is 0 Å². The Kier molecular flexibility index (Phi) is 5.83. The molecule has 0 bridgehead atoms. The molecule has 11 aromatic rings. The molecular formula is C44H24N4O3. The molecule has 0 aliphatic carbocycles. The van der Waals surface area contributed by atoms with E-state index in [0.717, 1.165) is 82.4 Å². The number of furan rings is 2. The second-order valence-corrected chi connectivity index (χ2v) is 12.6. The molecule has 0 unspecified atom stereocenters. The number of nitrogens with zero attached hydrogens (tertiary/aromatic N) is 4. The van der Waals surface area contributed by atoms with Crippen LogP contribution in [0.25, 0.3) is 111 Å². The predicted molar refractivity (Wildman–Crippen MR) is 201 cm³/mol. The van der Waals surface area contributed by atoms with Crippen LogP contribution in [0.4, 0.5) is 0 Å². The first-order valence-corrected chi connectivity index (χ1v) is 16.7. The van der Waals surface area contributed by atoms with Gasteiger partial charge in [-0.3, -0.25) is 0 Å². The summed E-state index contributed by atoms with van der Waals surface area (Å²) < 4.78 is 19.1. The van der Waals surface area contributed by atoms with E-state index in [1.54, 1.807) is 0 Å². The standard InChI is InChI=1S/C44H24N4O3/c1-3-10-26(11-4-1)41-46-42(48-43(47-41)30-15-9-17-34-37(30)29-14-7-8-16-33(29)49-34)28-19-18-25-20-22-35-38(31(25)24-28)39-36(50-35)23-21-32-40(39)51-44(45-32)27-12-5-2-6-13-27/h1-24H. The number of para-hydroxylation sites is 1. The van der Waals surface area contributed by atoms with E-state index < -0.39 is 0 Å². The van der Waals surface area contributed by atoms with Crippen molar-refractivity contribution in [3.63, 3.8) is 0 Å². The molecule has 4 heterocycles. The summed E-state index contributed by atoms with van der Waals surface area (Å²) >= 11 is 0. The fourth-order valence-corrected chi connectivity index (χ4v) is 7.20. The van der Waals surface area contributed by atoms with Crippen LogP contribution in [-0.2, 0) is 0 Å². The molecule has 7 aromatic carbocycles. The van der Waals surface area contributed by atoms with Gasteiger partial charge in [0, 0.05) is 38.4 Å². The van der Waals surface area contributed by atoms with Crippen molar-refractivity contribution in [1.29, 1.82) is 0 Å². The first-order chi connectivity index (χ1) is 25.2. The molecule has 4 aromatic heterocycles. The molecular weight excluding hydrogens is 633 g/mol. The highest BCUT2D eigenvalue weighted by atomic mass is 16.4. The number of benzene rings is 7. The van der Waals surface area contributed by atoms with Crippen LogP contribution in [0.1, 0.15) is 0 Å². The molecule has 0 amide bonds. The van der Waals surface area contributed by atoms with Crippen molar-refractivity contribution in [3.8, 4) is 45.6 Å². The van der Waals surface area contributed by atoms with Crippen LogP contribution in [0.5, 0.6) is 0 Å². The van der Waals surface area contributed by atoms with Gasteiger partial charge >= 0.3 is 0 Å². The Morgan fingerprint density at radius 3 is 1.88 bits per heavy atom. The van der Waals surface area contributed by atoms with Crippen molar-refractivity contribution in [1.82, 2.24) is 19.9 Å². The molecule has 0 aliphatic heterocycles. The van der Waals surface area contributed by atoms with Crippen LogP contribution in [0.15, 0.2) is 159 Å².